The third kappa shape index (κ3) is 3.27. The van der Waals surface area contributed by atoms with Crippen LogP contribution in [-0.2, 0) is 4.79 Å². The van der Waals surface area contributed by atoms with Crippen LogP contribution in [-0.4, -0.2) is 36.4 Å². The number of para-hydroxylation sites is 2. The standard InChI is InChI=1S/C20H22N4O2/c25-19-14-24(17-8-4-3-7-16(17)22-19)20(26)15-9-10-18(21-13-15)23-11-5-1-2-6-12-23/h3-4,7-10,13H,1-2,5-6,11-12,14H2,(H,22,25). The molecule has 1 N–H and O–H groups in total. The van der Waals surface area contributed by atoms with Gasteiger partial charge in [0.05, 0.1) is 16.9 Å². The van der Waals surface area contributed by atoms with Gasteiger partial charge in [-0.3, -0.25) is 14.5 Å². The van der Waals surface area contributed by atoms with Crippen LogP contribution in [0.25, 0.3) is 0 Å². The number of anilines is 3. The van der Waals surface area contributed by atoms with Gasteiger partial charge >= 0.3 is 0 Å². The fraction of sp³-hybridized carbons (Fsp3) is 0.350. The van der Waals surface area contributed by atoms with Crippen molar-refractivity contribution in [2.24, 2.45) is 0 Å². The summed E-state index contributed by atoms with van der Waals surface area (Å²) in [5.41, 5.74) is 1.87. The van der Waals surface area contributed by atoms with E-state index in [0.29, 0.717) is 16.9 Å². The molecule has 0 bridgehead atoms. The molecular weight excluding hydrogens is 328 g/mol. The Bertz CT molecular complexity index is 811. The van der Waals surface area contributed by atoms with E-state index in [1.54, 1.807) is 12.3 Å². The average Bonchev–Trinajstić information content (AvgIpc) is 2.96. The van der Waals surface area contributed by atoms with Crippen molar-refractivity contribution in [2.75, 3.05) is 34.8 Å². The summed E-state index contributed by atoms with van der Waals surface area (Å²) < 4.78 is 0. The molecule has 0 atom stereocenters. The summed E-state index contributed by atoms with van der Waals surface area (Å²) in [6.07, 6.45) is 6.52. The Morgan fingerprint density at radius 1 is 1.00 bits per heavy atom. The molecule has 2 amide bonds. The summed E-state index contributed by atoms with van der Waals surface area (Å²) in [6, 6.07) is 11.1. The van der Waals surface area contributed by atoms with Gasteiger partial charge in [0, 0.05) is 19.3 Å². The Labute approximate surface area is 152 Å². The van der Waals surface area contributed by atoms with Crippen molar-refractivity contribution < 1.29 is 9.59 Å². The van der Waals surface area contributed by atoms with Crippen molar-refractivity contribution in [1.29, 1.82) is 0 Å². The topological polar surface area (TPSA) is 65.5 Å². The number of fused-ring (bicyclic) bond motifs is 1. The second-order valence-electron chi connectivity index (χ2n) is 6.76. The molecule has 0 unspecified atom stereocenters. The van der Waals surface area contributed by atoms with Crippen molar-refractivity contribution in [1.82, 2.24) is 4.98 Å². The van der Waals surface area contributed by atoms with Crippen LogP contribution in [0.1, 0.15) is 36.0 Å². The van der Waals surface area contributed by atoms with Gasteiger partial charge in [0.2, 0.25) is 5.91 Å². The van der Waals surface area contributed by atoms with Gasteiger partial charge in [0.25, 0.3) is 5.91 Å². The maximum absolute atomic E-state index is 12.9. The van der Waals surface area contributed by atoms with Crippen molar-refractivity contribution in [2.45, 2.75) is 25.7 Å². The summed E-state index contributed by atoms with van der Waals surface area (Å²) in [5, 5.41) is 2.80. The zero-order valence-electron chi connectivity index (χ0n) is 14.6. The first-order chi connectivity index (χ1) is 12.7. The quantitative estimate of drug-likeness (QED) is 0.904. The van der Waals surface area contributed by atoms with Gasteiger partial charge in [-0.05, 0) is 37.1 Å². The minimum atomic E-state index is -0.206. The molecule has 0 saturated carbocycles. The lowest BCUT2D eigenvalue weighted by Crippen LogP contribution is -2.42. The van der Waals surface area contributed by atoms with E-state index in [-0.39, 0.29) is 18.4 Å². The summed E-state index contributed by atoms with van der Waals surface area (Å²) in [5.74, 6) is 0.522. The van der Waals surface area contributed by atoms with Crippen molar-refractivity contribution in [3.05, 3.63) is 48.2 Å². The number of benzene rings is 1. The van der Waals surface area contributed by atoms with E-state index in [0.717, 1.165) is 18.9 Å². The van der Waals surface area contributed by atoms with Crippen LogP contribution in [0.4, 0.5) is 17.2 Å². The molecule has 1 fully saturated rings. The Morgan fingerprint density at radius 2 is 1.77 bits per heavy atom. The van der Waals surface area contributed by atoms with E-state index in [2.05, 4.69) is 15.2 Å². The number of aromatic nitrogens is 1. The van der Waals surface area contributed by atoms with Gasteiger partial charge in [-0.15, -0.1) is 0 Å². The highest BCUT2D eigenvalue weighted by atomic mass is 16.2. The van der Waals surface area contributed by atoms with Gasteiger partial charge in [0.15, 0.2) is 0 Å². The van der Waals surface area contributed by atoms with E-state index in [4.69, 9.17) is 0 Å². The SMILES string of the molecule is O=C1CN(C(=O)c2ccc(N3CCCCCC3)nc2)c2ccccc2N1. The maximum atomic E-state index is 12.9. The molecule has 1 saturated heterocycles. The second kappa shape index (κ2) is 7.15. The van der Waals surface area contributed by atoms with Crippen LogP contribution in [0.5, 0.6) is 0 Å². The number of nitrogens with one attached hydrogen (secondary N) is 1. The predicted octanol–water partition coefficient (Wildman–Crippen LogP) is 3.06. The molecule has 2 aromatic rings. The first-order valence-corrected chi connectivity index (χ1v) is 9.14. The van der Waals surface area contributed by atoms with Gasteiger partial charge in [-0.2, -0.15) is 0 Å². The smallest absolute Gasteiger partial charge is 0.260 e. The molecule has 6 heteroatoms. The lowest BCUT2D eigenvalue weighted by molar-refractivity contribution is -0.115. The van der Waals surface area contributed by atoms with Gasteiger partial charge in [-0.1, -0.05) is 25.0 Å². The van der Waals surface area contributed by atoms with E-state index in [1.165, 1.54) is 30.6 Å². The molecule has 3 heterocycles. The van der Waals surface area contributed by atoms with Crippen LogP contribution in [0, 0.1) is 0 Å². The highest BCUT2D eigenvalue weighted by Crippen LogP contribution is 2.30. The molecule has 0 radical (unpaired) electrons. The molecule has 1 aromatic carbocycles. The third-order valence-corrected chi connectivity index (χ3v) is 4.94. The van der Waals surface area contributed by atoms with Crippen LogP contribution >= 0.6 is 0 Å². The summed E-state index contributed by atoms with van der Waals surface area (Å²) in [7, 11) is 0. The van der Waals surface area contributed by atoms with Gasteiger partial charge < -0.3 is 10.2 Å². The number of amides is 2. The van der Waals surface area contributed by atoms with Crippen molar-refractivity contribution in [3.8, 4) is 0 Å². The molecule has 2 aliphatic rings. The fourth-order valence-electron chi connectivity index (χ4n) is 3.57. The molecule has 26 heavy (non-hydrogen) atoms. The van der Waals surface area contributed by atoms with Gasteiger partial charge in [0.1, 0.15) is 12.4 Å². The fourth-order valence-corrected chi connectivity index (χ4v) is 3.57. The molecule has 0 aliphatic carbocycles. The van der Waals surface area contributed by atoms with E-state index < -0.39 is 0 Å². The Kier molecular flexibility index (Phi) is 4.56. The monoisotopic (exact) mass is 350 g/mol. The largest absolute Gasteiger partial charge is 0.357 e. The molecule has 4 rings (SSSR count). The lowest BCUT2D eigenvalue weighted by atomic mass is 10.1. The van der Waals surface area contributed by atoms with E-state index in [9.17, 15) is 9.59 Å². The molecule has 1 aromatic heterocycles. The number of carbonyl (C=O) groups excluding carboxylic acids is 2. The Hall–Kier alpha value is -2.89. The number of rotatable bonds is 2. The first-order valence-electron chi connectivity index (χ1n) is 9.14. The van der Waals surface area contributed by atoms with Crippen molar-refractivity contribution >= 4 is 29.0 Å². The predicted molar refractivity (Wildman–Crippen MR) is 102 cm³/mol. The van der Waals surface area contributed by atoms with E-state index in [1.807, 2.05) is 30.3 Å². The van der Waals surface area contributed by atoms with Crippen molar-refractivity contribution in [3.63, 3.8) is 0 Å². The maximum Gasteiger partial charge on any atom is 0.260 e. The second-order valence-corrected chi connectivity index (χ2v) is 6.76. The van der Waals surface area contributed by atoms with Gasteiger partial charge in [-0.25, -0.2) is 4.98 Å². The minimum absolute atomic E-state index is 0.0176. The number of pyridine rings is 1. The zero-order valence-corrected chi connectivity index (χ0v) is 14.6. The first kappa shape index (κ1) is 16.6. The summed E-state index contributed by atoms with van der Waals surface area (Å²) >= 11 is 0. The normalized spacial score (nSPS) is 17.3. The number of hydrogen-bond donors (Lipinski definition) is 1. The van der Waals surface area contributed by atoms with Crippen LogP contribution in [0.3, 0.4) is 0 Å². The number of carbonyl (C=O) groups is 2. The zero-order chi connectivity index (χ0) is 17.9. The molecular formula is C20H22N4O2. The molecule has 0 spiro atoms. The summed E-state index contributed by atoms with van der Waals surface area (Å²) in [4.78, 5) is 33.2. The molecule has 134 valence electrons. The number of hydrogen-bond acceptors (Lipinski definition) is 4. The third-order valence-electron chi connectivity index (χ3n) is 4.94. The van der Waals surface area contributed by atoms with E-state index >= 15 is 0 Å². The highest BCUT2D eigenvalue weighted by molar-refractivity contribution is 6.15. The van der Waals surface area contributed by atoms with Crippen LogP contribution in [0.15, 0.2) is 42.6 Å². The molecule has 6 nitrogen and oxygen atoms in total. The minimum Gasteiger partial charge on any atom is -0.357 e. The highest BCUT2D eigenvalue weighted by Gasteiger charge is 2.27. The Balaban J connectivity index is 1.56. The number of nitrogens with zero attached hydrogens (tertiary/aromatic N) is 3. The summed E-state index contributed by atoms with van der Waals surface area (Å²) in [6.45, 7) is 2.05. The average molecular weight is 350 g/mol. The van der Waals surface area contributed by atoms with Crippen LogP contribution in [0.2, 0.25) is 0 Å². The molecule has 2 aliphatic heterocycles. The van der Waals surface area contributed by atoms with Crippen LogP contribution < -0.4 is 15.1 Å². The lowest BCUT2D eigenvalue weighted by Gasteiger charge is -2.29. The Morgan fingerprint density at radius 3 is 2.50 bits per heavy atom.